The summed E-state index contributed by atoms with van der Waals surface area (Å²) >= 11 is 12.3. The van der Waals surface area contributed by atoms with Crippen molar-refractivity contribution in [3.63, 3.8) is 0 Å². The number of benzene rings is 2. The van der Waals surface area contributed by atoms with Crippen LogP contribution in [0, 0.1) is 5.82 Å². The van der Waals surface area contributed by atoms with Crippen LogP contribution in [0.25, 0.3) is 0 Å². The van der Waals surface area contributed by atoms with E-state index in [1.54, 1.807) is 6.92 Å². The van der Waals surface area contributed by atoms with Crippen LogP contribution in [-0.2, 0) is 26.2 Å². The lowest BCUT2D eigenvalue weighted by molar-refractivity contribution is -0.139. The summed E-state index contributed by atoms with van der Waals surface area (Å²) in [6.07, 6.45) is 4.76. The van der Waals surface area contributed by atoms with Crippen molar-refractivity contribution in [1.82, 2.24) is 10.2 Å². The number of hydrogen-bond donors (Lipinski definition) is 1. The summed E-state index contributed by atoms with van der Waals surface area (Å²) in [7, 11) is -3.94. The van der Waals surface area contributed by atoms with Crippen LogP contribution in [0.4, 0.5) is 10.1 Å². The molecule has 1 N–H and O–H groups in total. The average molecular weight is 544 g/mol. The molecule has 35 heavy (non-hydrogen) atoms. The number of carbonyl (C=O) groups excluding carboxylic acids is 2. The van der Waals surface area contributed by atoms with E-state index in [0.29, 0.717) is 5.56 Å². The Morgan fingerprint density at radius 2 is 1.74 bits per heavy atom. The summed E-state index contributed by atoms with van der Waals surface area (Å²) in [5.74, 6) is -1.39. The second kappa shape index (κ2) is 11.6. The highest BCUT2D eigenvalue weighted by atomic mass is 35.5. The zero-order valence-electron chi connectivity index (χ0n) is 19.5. The fraction of sp³-hybridized carbons (Fsp3) is 0.417. The first-order valence-corrected chi connectivity index (χ1v) is 13.8. The van der Waals surface area contributed by atoms with E-state index in [9.17, 15) is 22.4 Å². The third-order valence-electron chi connectivity index (χ3n) is 6.01. The van der Waals surface area contributed by atoms with Gasteiger partial charge in [0.1, 0.15) is 18.4 Å². The lowest BCUT2D eigenvalue weighted by Gasteiger charge is -2.32. The highest BCUT2D eigenvalue weighted by molar-refractivity contribution is 7.92. The van der Waals surface area contributed by atoms with Crippen molar-refractivity contribution < 1.29 is 22.4 Å². The molecule has 2 amide bonds. The third-order valence-corrected chi connectivity index (χ3v) is 7.95. The standard InChI is InChI=1S/C24H28Cl2FN3O4S/c1-16(24(32)28-19-6-3-4-7-19)29(14-17-10-12-18(27)13-11-17)22(31)15-30(35(2,33)34)21-9-5-8-20(25)23(21)26/h5,8-13,16,19H,3-4,6-7,14-15H2,1-2H3,(H,28,32). The number of anilines is 1. The molecule has 0 aromatic heterocycles. The molecule has 1 unspecified atom stereocenters. The molecule has 0 bridgehead atoms. The van der Waals surface area contributed by atoms with E-state index < -0.39 is 34.3 Å². The van der Waals surface area contributed by atoms with Gasteiger partial charge in [0.15, 0.2) is 0 Å². The molecule has 0 saturated heterocycles. The predicted molar refractivity (Wildman–Crippen MR) is 135 cm³/mol. The fourth-order valence-electron chi connectivity index (χ4n) is 4.04. The van der Waals surface area contributed by atoms with Crippen molar-refractivity contribution in [3.05, 3.63) is 63.9 Å². The molecule has 11 heteroatoms. The number of nitrogens with zero attached hydrogens (tertiary/aromatic N) is 2. The van der Waals surface area contributed by atoms with Gasteiger partial charge in [0.2, 0.25) is 21.8 Å². The van der Waals surface area contributed by atoms with E-state index in [1.807, 2.05) is 0 Å². The van der Waals surface area contributed by atoms with E-state index in [2.05, 4.69) is 5.32 Å². The lowest BCUT2D eigenvalue weighted by Crippen LogP contribution is -2.52. The highest BCUT2D eigenvalue weighted by Gasteiger charge is 2.32. The molecular formula is C24H28Cl2FN3O4S. The molecule has 2 aromatic rings. The summed E-state index contributed by atoms with van der Waals surface area (Å²) in [5.41, 5.74) is 0.645. The number of hydrogen-bond acceptors (Lipinski definition) is 4. The molecule has 1 aliphatic carbocycles. The summed E-state index contributed by atoms with van der Waals surface area (Å²) < 4.78 is 39.5. The molecule has 1 fully saturated rings. The van der Waals surface area contributed by atoms with Gasteiger partial charge in [-0.1, -0.05) is 54.2 Å². The zero-order chi connectivity index (χ0) is 25.8. The molecule has 0 radical (unpaired) electrons. The maximum atomic E-state index is 13.5. The number of rotatable bonds is 9. The Hall–Kier alpha value is -2.36. The summed E-state index contributed by atoms with van der Waals surface area (Å²) in [6, 6.07) is 9.18. The number of halogens is 3. The van der Waals surface area contributed by atoms with Crippen molar-refractivity contribution in [2.75, 3.05) is 17.1 Å². The van der Waals surface area contributed by atoms with Gasteiger partial charge in [0.25, 0.3) is 0 Å². The van der Waals surface area contributed by atoms with Gasteiger partial charge in [-0.25, -0.2) is 12.8 Å². The Bertz CT molecular complexity index is 1170. The third kappa shape index (κ3) is 7.08. The molecule has 1 atom stereocenters. The van der Waals surface area contributed by atoms with Gasteiger partial charge >= 0.3 is 0 Å². The van der Waals surface area contributed by atoms with Crippen molar-refractivity contribution in [3.8, 4) is 0 Å². The molecule has 3 rings (SSSR count). The SMILES string of the molecule is CC(C(=O)NC1CCCC1)N(Cc1ccc(F)cc1)C(=O)CN(c1cccc(Cl)c1Cl)S(C)(=O)=O. The number of carbonyl (C=O) groups is 2. The second-order valence-corrected chi connectivity index (χ2v) is 11.3. The van der Waals surface area contributed by atoms with Crippen molar-refractivity contribution >= 4 is 50.7 Å². The lowest BCUT2D eigenvalue weighted by atomic mass is 10.1. The number of sulfonamides is 1. The topological polar surface area (TPSA) is 86.8 Å². The van der Waals surface area contributed by atoms with E-state index in [-0.39, 0.29) is 34.2 Å². The molecule has 1 saturated carbocycles. The molecule has 2 aromatic carbocycles. The van der Waals surface area contributed by atoms with Gasteiger partial charge in [-0.3, -0.25) is 13.9 Å². The van der Waals surface area contributed by atoms with Gasteiger partial charge in [-0.15, -0.1) is 0 Å². The first-order valence-electron chi connectivity index (χ1n) is 11.2. The van der Waals surface area contributed by atoms with E-state index >= 15 is 0 Å². The van der Waals surface area contributed by atoms with Gasteiger partial charge in [0.05, 0.1) is 22.0 Å². The Kier molecular flexibility index (Phi) is 9.01. The van der Waals surface area contributed by atoms with Gasteiger partial charge < -0.3 is 10.2 Å². The Balaban J connectivity index is 1.90. The molecular weight excluding hydrogens is 516 g/mol. The molecule has 7 nitrogen and oxygen atoms in total. The summed E-state index contributed by atoms with van der Waals surface area (Å²) in [5, 5.41) is 3.10. The Labute approximate surface area is 215 Å². The van der Waals surface area contributed by atoms with Gasteiger partial charge in [0, 0.05) is 12.6 Å². The quantitative estimate of drug-likeness (QED) is 0.508. The summed E-state index contributed by atoms with van der Waals surface area (Å²) in [6.45, 7) is 0.975. The second-order valence-electron chi connectivity index (χ2n) is 8.66. The van der Waals surface area contributed by atoms with Crippen LogP contribution in [0.5, 0.6) is 0 Å². The van der Waals surface area contributed by atoms with Crippen molar-refractivity contribution in [1.29, 1.82) is 0 Å². The average Bonchev–Trinajstić information content (AvgIpc) is 3.31. The van der Waals surface area contributed by atoms with Crippen LogP contribution in [0.3, 0.4) is 0 Å². The zero-order valence-corrected chi connectivity index (χ0v) is 21.8. The molecule has 0 spiro atoms. The fourth-order valence-corrected chi connectivity index (χ4v) is 5.34. The van der Waals surface area contributed by atoms with Crippen LogP contribution in [0.2, 0.25) is 10.0 Å². The maximum Gasteiger partial charge on any atom is 0.244 e. The van der Waals surface area contributed by atoms with E-state index in [1.165, 1.54) is 47.4 Å². The van der Waals surface area contributed by atoms with Crippen molar-refractivity contribution in [2.24, 2.45) is 0 Å². The molecule has 0 aliphatic heterocycles. The minimum Gasteiger partial charge on any atom is -0.352 e. The normalized spacial score (nSPS) is 15.0. The molecule has 1 aliphatic rings. The number of amides is 2. The first-order chi connectivity index (χ1) is 16.5. The maximum absolute atomic E-state index is 13.5. The van der Waals surface area contributed by atoms with Crippen LogP contribution < -0.4 is 9.62 Å². The number of nitrogens with one attached hydrogen (secondary N) is 1. The largest absolute Gasteiger partial charge is 0.352 e. The minimum absolute atomic E-state index is 0.00972. The van der Waals surface area contributed by atoms with Crippen LogP contribution >= 0.6 is 23.2 Å². The van der Waals surface area contributed by atoms with Gasteiger partial charge in [-0.05, 0) is 49.6 Å². The van der Waals surface area contributed by atoms with E-state index in [4.69, 9.17) is 23.2 Å². The van der Waals surface area contributed by atoms with Crippen LogP contribution in [-0.4, -0.2) is 50.0 Å². The van der Waals surface area contributed by atoms with Crippen molar-refractivity contribution in [2.45, 2.75) is 51.2 Å². The Morgan fingerprint density at radius 3 is 2.34 bits per heavy atom. The van der Waals surface area contributed by atoms with Crippen LogP contribution in [0.1, 0.15) is 38.2 Å². The van der Waals surface area contributed by atoms with Crippen LogP contribution in [0.15, 0.2) is 42.5 Å². The van der Waals surface area contributed by atoms with Gasteiger partial charge in [-0.2, -0.15) is 0 Å². The highest BCUT2D eigenvalue weighted by Crippen LogP contribution is 2.33. The smallest absolute Gasteiger partial charge is 0.244 e. The summed E-state index contributed by atoms with van der Waals surface area (Å²) in [4.78, 5) is 27.8. The monoisotopic (exact) mass is 543 g/mol. The van der Waals surface area contributed by atoms with E-state index in [0.717, 1.165) is 36.2 Å². The first kappa shape index (κ1) is 27.2. The Morgan fingerprint density at radius 1 is 1.11 bits per heavy atom. The predicted octanol–water partition coefficient (Wildman–Crippen LogP) is 4.37. The molecule has 0 heterocycles. The molecule has 190 valence electrons. The minimum atomic E-state index is -3.94.